The molecule has 0 aliphatic carbocycles. The largest absolute Gasteiger partial charge is 0.465 e. The normalized spacial score (nSPS) is 18.1. The lowest BCUT2D eigenvalue weighted by molar-refractivity contribution is -0.141. The number of alkyl carbamates (subject to hydrolysis) is 1. The van der Waals surface area contributed by atoms with Crippen molar-refractivity contribution in [3.05, 3.63) is 84.7 Å². The van der Waals surface area contributed by atoms with Crippen LogP contribution in [0.25, 0.3) is 44.4 Å². The summed E-state index contributed by atoms with van der Waals surface area (Å²) in [5, 5.41) is 14.6. The average Bonchev–Trinajstić information content (AvgIpc) is 3.96. The number of imidazole rings is 2. The van der Waals surface area contributed by atoms with Gasteiger partial charge in [0.1, 0.15) is 23.7 Å². The lowest BCUT2D eigenvalue weighted by Crippen LogP contribution is -2.53. The van der Waals surface area contributed by atoms with Gasteiger partial charge in [-0.1, -0.05) is 76.2 Å². The molecule has 14 heteroatoms. The van der Waals surface area contributed by atoms with Gasteiger partial charge in [-0.3, -0.25) is 14.5 Å². The Balaban J connectivity index is 1.04. The second-order valence-corrected chi connectivity index (χ2v) is 16.7. The van der Waals surface area contributed by atoms with Crippen molar-refractivity contribution in [2.24, 2.45) is 11.8 Å². The molecule has 2 aromatic heterocycles. The number of H-pyrrole nitrogens is 2. The summed E-state index contributed by atoms with van der Waals surface area (Å²) in [6.45, 7) is 8.72. The molecule has 60 heavy (non-hydrogen) atoms. The van der Waals surface area contributed by atoms with Crippen molar-refractivity contribution < 1.29 is 29.0 Å². The molecule has 4 N–H and O–H groups in total. The quantitative estimate of drug-likeness (QED) is 0.103. The zero-order chi connectivity index (χ0) is 42.7. The van der Waals surface area contributed by atoms with Crippen LogP contribution in [0.15, 0.2) is 73.1 Å². The van der Waals surface area contributed by atoms with Crippen LogP contribution in [-0.2, 0) is 14.3 Å². The van der Waals surface area contributed by atoms with Crippen molar-refractivity contribution in [1.29, 1.82) is 0 Å². The maximum atomic E-state index is 13.8. The number of rotatable bonds is 11. The molecule has 3 aromatic carbocycles. The van der Waals surface area contributed by atoms with Gasteiger partial charge in [-0.15, -0.1) is 0 Å². The van der Waals surface area contributed by atoms with Crippen LogP contribution in [0.1, 0.15) is 90.0 Å². The predicted octanol–water partition coefficient (Wildman–Crippen LogP) is 8.41. The fourth-order valence-electron chi connectivity index (χ4n) is 8.76. The van der Waals surface area contributed by atoms with Gasteiger partial charge in [0.25, 0.3) is 0 Å². The number of ether oxygens (including phenoxy) is 1. The Morgan fingerprint density at radius 2 is 1.22 bits per heavy atom. The first kappa shape index (κ1) is 42.0. The number of aromatic nitrogens is 4. The van der Waals surface area contributed by atoms with Crippen molar-refractivity contribution in [1.82, 2.24) is 40.0 Å². The van der Waals surface area contributed by atoms with E-state index in [1.165, 1.54) is 14.2 Å². The number of likely N-dealkylation sites (N-methyl/N-ethyl adjacent to an activating group) is 1. The van der Waals surface area contributed by atoms with Gasteiger partial charge < -0.3 is 34.9 Å². The van der Waals surface area contributed by atoms with Gasteiger partial charge in [-0.2, -0.15) is 0 Å². The minimum Gasteiger partial charge on any atom is -0.465 e. The third-order valence-electron chi connectivity index (χ3n) is 12.1. The Labute approximate surface area is 350 Å². The van der Waals surface area contributed by atoms with E-state index in [0.717, 1.165) is 93.7 Å². The van der Waals surface area contributed by atoms with E-state index in [0.29, 0.717) is 18.9 Å². The fourth-order valence-corrected chi connectivity index (χ4v) is 8.76. The molecule has 0 bridgehead atoms. The standard InChI is InChI=1S/C46H56N8O6/c1-27(2)39(51-45(57)60-6)43(55)53-21-9-7-11-37(53)41-48-26-36(50-41)34-20-19-32-23-31(17-18-33(32)24-34)29-13-15-30(16-14-29)35-25-47-42(49-35)38-12-8-10-22-54(38)44(56)40(28(3)4)52(5)46(58)59/h13-20,23-28,37-40H,7-12,21-22H2,1-6H3,(H,47,49)(H,48,50)(H,51,57)(H,58,59)/t37?,38-,39?,40-/m0/s1. The average molecular weight is 817 g/mol. The van der Waals surface area contributed by atoms with Crippen LogP contribution in [0.4, 0.5) is 9.59 Å². The van der Waals surface area contributed by atoms with Crippen molar-refractivity contribution >= 4 is 34.8 Å². The highest BCUT2D eigenvalue weighted by atomic mass is 16.5. The van der Waals surface area contributed by atoms with Gasteiger partial charge in [0, 0.05) is 25.7 Å². The number of aromatic amines is 2. The number of carboxylic acid groups (broad SMARTS) is 1. The second kappa shape index (κ2) is 18.0. The minimum absolute atomic E-state index is 0.111. The summed E-state index contributed by atoms with van der Waals surface area (Å²) in [5.41, 5.74) is 5.84. The monoisotopic (exact) mass is 816 g/mol. The molecule has 5 aromatic rings. The van der Waals surface area contributed by atoms with Gasteiger partial charge in [0.2, 0.25) is 11.8 Å². The Hall–Kier alpha value is -6.18. The van der Waals surface area contributed by atoms with E-state index in [1.807, 2.05) is 38.8 Å². The van der Waals surface area contributed by atoms with Crippen LogP contribution in [-0.4, -0.2) is 103 Å². The molecule has 316 valence electrons. The summed E-state index contributed by atoms with van der Waals surface area (Å²) < 4.78 is 4.79. The number of carbonyl (C=O) groups excluding carboxylic acids is 3. The number of carbonyl (C=O) groups is 4. The zero-order valence-corrected chi connectivity index (χ0v) is 35.3. The maximum absolute atomic E-state index is 13.8. The van der Waals surface area contributed by atoms with Crippen LogP contribution in [0.5, 0.6) is 0 Å². The molecule has 2 aliphatic heterocycles. The van der Waals surface area contributed by atoms with Crippen LogP contribution in [0.3, 0.4) is 0 Å². The number of nitrogens with zero attached hydrogens (tertiary/aromatic N) is 5. The molecule has 4 atom stereocenters. The van der Waals surface area contributed by atoms with E-state index in [2.05, 4.69) is 75.9 Å². The van der Waals surface area contributed by atoms with Crippen LogP contribution >= 0.6 is 0 Å². The first-order valence-electron chi connectivity index (χ1n) is 21.0. The SMILES string of the molecule is COC(=O)NC(C(=O)N1CCCCC1c1ncc(-c2ccc3cc(-c4ccc(-c5cnc([C@@H]6CCCCN6C(=O)[C@H](C(C)C)N(C)C(=O)O)[nH]5)cc4)ccc3c2)[nH]1)C(C)C. The molecule has 7 rings (SSSR count). The highest BCUT2D eigenvalue weighted by Crippen LogP contribution is 2.35. The van der Waals surface area contributed by atoms with E-state index >= 15 is 0 Å². The summed E-state index contributed by atoms with van der Waals surface area (Å²) in [6.07, 6.45) is 7.11. The number of likely N-dealkylation sites (tertiary alicyclic amines) is 2. The molecule has 0 saturated carbocycles. The molecule has 2 fully saturated rings. The summed E-state index contributed by atoms with van der Waals surface area (Å²) in [5.74, 6) is 0.832. The van der Waals surface area contributed by atoms with Crippen LogP contribution in [0, 0.1) is 11.8 Å². The zero-order valence-electron chi connectivity index (χ0n) is 35.3. The highest BCUT2D eigenvalue weighted by Gasteiger charge is 2.39. The third kappa shape index (κ3) is 8.73. The van der Waals surface area contributed by atoms with Gasteiger partial charge in [0.15, 0.2) is 0 Å². The Bertz CT molecular complexity index is 2330. The van der Waals surface area contributed by atoms with Gasteiger partial charge in [-0.05, 0) is 90.0 Å². The molecule has 2 unspecified atom stereocenters. The fraction of sp³-hybridized carbons (Fsp3) is 0.435. The summed E-state index contributed by atoms with van der Waals surface area (Å²) in [4.78, 5) is 72.6. The van der Waals surface area contributed by atoms with E-state index in [-0.39, 0.29) is 35.7 Å². The second-order valence-electron chi connectivity index (χ2n) is 16.7. The van der Waals surface area contributed by atoms with E-state index in [9.17, 15) is 24.3 Å². The Kier molecular flexibility index (Phi) is 12.6. The summed E-state index contributed by atoms with van der Waals surface area (Å²) >= 11 is 0. The number of benzene rings is 3. The van der Waals surface area contributed by atoms with Crippen LogP contribution in [0.2, 0.25) is 0 Å². The molecule has 4 heterocycles. The minimum atomic E-state index is -1.12. The Morgan fingerprint density at radius 1 is 0.717 bits per heavy atom. The van der Waals surface area contributed by atoms with Crippen molar-refractivity contribution in [3.8, 4) is 33.6 Å². The summed E-state index contributed by atoms with van der Waals surface area (Å²) in [6, 6.07) is 19.1. The molecular formula is C46H56N8O6. The molecule has 4 amide bonds. The molecule has 0 radical (unpaired) electrons. The molecule has 2 aliphatic rings. The van der Waals surface area contributed by atoms with Crippen LogP contribution < -0.4 is 5.32 Å². The highest BCUT2D eigenvalue weighted by molar-refractivity contribution is 5.91. The lowest BCUT2D eigenvalue weighted by Gasteiger charge is -2.39. The number of amides is 4. The maximum Gasteiger partial charge on any atom is 0.407 e. The lowest BCUT2D eigenvalue weighted by atomic mass is 9.96. The van der Waals surface area contributed by atoms with Crippen molar-refractivity contribution in [2.45, 2.75) is 90.4 Å². The third-order valence-corrected chi connectivity index (χ3v) is 12.1. The number of hydrogen-bond donors (Lipinski definition) is 4. The van der Waals surface area contributed by atoms with E-state index < -0.39 is 24.3 Å². The number of hydrogen-bond acceptors (Lipinski definition) is 7. The van der Waals surface area contributed by atoms with Crippen molar-refractivity contribution in [3.63, 3.8) is 0 Å². The molecule has 14 nitrogen and oxygen atoms in total. The first-order valence-corrected chi connectivity index (χ1v) is 21.0. The van der Waals surface area contributed by atoms with Crippen molar-refractivity contribution in [2.75, 3.05) is 27.2 Å². The number of fused-ring (bicyclic) bond motifs is 1. The number of methoxy groups -OCH3 is 1. The molecule has 0 spiro atoms. The molecular weight excluding hydrogens is 761 g/mol. The van der Waals surface area contributed by atoms with Gasteiger partial charge in [-0.25, -0.2) is 19.6 Å². The van der Waals surface area contributed by atoms with E-state index in [1.54, 1.807) is 11.1 Å². The predicted molar refractivity (Wildman–Crippen MR) is 230 cm³/mol. The number of nitrogens with one attached hydrogen (secondary N) is 3. The summed E-state index contributed by atoms with van der Waals surface area (Å²) in [7, 11) is 2.76. The first-order chi connectivity index (χ1) is 28.8. The Morgan fingerprint density at radius 3 is 1.75 bits per heavy atom. The van der Waals surface area contributed by atoms with Gasteiger partial charge in [0.05, 0.1) is 43.0 Å². The smallest absolute Gasteiger partial charge is 0.407 e. The number of piperidine rings is 2. The topological polar surface area (TPSA) is 177 Å². The molecule has 2 saturated heterocycles. The van der Waals surface area contributed by atoms with Gasteiger partial charge >= 0.3 is 12.2 Å². The van der Waals surface area contributed by atoms with E-state index in [4.69, 9.17) is 14.7 Å².